The highest BCUT2D eigenvalue weighted by atomic mass is 16.3. The maximum atomic E-state index is 13.1. The zero-order valence-electron chi connectivity index (χ0n) is 18.6. The number of fused-ring (bicyclic) bond motifs is 3. The molecule has 8 nitrogen and oxygen atoms in total. The average molecular weight is 443 g/mol. The van der Waals surface area contributed by atoms with Gasteiger partial charge in [0.25, 0.3) is 0 Å². The first-order valence-electron chi connectivity index (χ1n) is 11.0. The van der Waals surface area contributed by atoms with Gasteiger partial charge in [-0.1, -0.05) is 12.1 Å². The molecule has 2 unspecified atom stereocenters. The third-order valence-corrected chi connectivity index (χ3v) is 6.51. The molecule has 3 N–H and O–H groups in total. The summed E-state index contributed by atoms with van der Waals surface area (Å²) in [7, 11) is 3.56. The van der Waals surface area contributed by atoms with E-state index in [0.717, 1.165) is 39.5 Å². The van der Waals surface area contributed by atoms with Crippen LogP contribution in [0.2, 0.25) is 0 Å². The van der Waals surface area contributed by atoms with E-state index in [1.165, 1.54) is 6.21 Å². The van der Waals surface area contributed by atoms with Gasteiger partial charge in [0.05, 0.1) is 34.5 Å². The molecule has 1 saturated carbocycles. The first-order chi connectivity index (χ1) is 16.0. The van der Waals surface area contributed by atoms with Crippen LogP contribution in [0.3, 0.4) is 0 Å². The van der Waals surface area contributed by atoms with Crippen LogP contribution in [0.25, 0.3) is 38.6 Å². The lowest BCUT2D eigenvalue weighted by Crippen LogP contribution is -2.25. The summed E-state index contributed by atoms with van der Waals surface area (Å²) < 4.78 is 3.49. The Morgan fingerprint density at radius 1 is 1.18 bits per heavy atom. The Kier molecular flexibility index (Phi) is 5.30. The van der Waals surface area contributed by atoms with Crippen LogP contribution >= 0.6 is 0 Å². The second-order valence-corrected chi connectivity index (χ2v) is 8.52. The summed E-state index contributed by atoms with van der Waals surface area (Å²) >= 11 is 0. The van der Waals surface area contributed by atoms with Gasteiger partial charge in [-0.2, -0.15) is 0 Å². The van der Waals surface area contributed by atoms with Crippen LogP contribution in [0.5, 0.6) is 0 Å². The number of hydrogen-bond acceptors (Lipinski definition) is 6. The van der Waals surface area contributed by atoms with Crippen molar-refractivity contribution in [3.63, 3.8) is 0 Å². The SMILES string of the molecule is CN/C=C(\C=N)c1ccc(-c2ccc3ncc4c(c3c2)n(C2CCC(O)C2)c(=O)n4C)cn1. The predicted molar refractivity (Wildman–Crippen MR) is 130 cm³/mol. The highest BCUT2D eigenvalue weighted by molar-refractivity contribution is 6.07. The van der Waals surface area contributed by atoms with Crippen LogP contribution < -0.4 is 11.0 Å². The van der Waals surface area contributed by atoms with E-state index in [4.69, 9.17) is 5.41 Å². The molecule has 1 aromatic carbocycles. The van der Waals surface area contributed by atoms with Gasteiger partial charge in [0.2, 0.25) is 0 Å². The number of aliphatic hydroxyl groups excluding tert-OH is 1. The number of aromatic nitrogens is 4. The summed E-state index contributed by atoms with van der Waals surface area (Å²) in [5.74, 6) is 0. The Balaban J connectivity index is 1.66. The number of hydrogen-bond donors (Lipinski definition) is 3. The number of aliphatic hydroxyl groups is 1. The van der Waals surface area contributed by atoms with Crippen molar-refractivity contribution >= 4 is 33.7 Å². The molecular formula is C25H26N6O2. The molecule has 33 heavy (non-hydrogen) atoms. The van der Waals surface area contributed by atoms with E-state index in [1.54, 1.807) is 37.3 Å². The molecule has 168 valence electrons. The number of imidazole rings is 1. The summed E-state index contributed by atoms with van der Waals surface area (Å²) in [5.41, 5.74) is 5.70. The van der Waals surface area contributed by atoms with Crippen molar-refractivity contribution in [2.75, 3.05) is 7.05 Å². The molecule has 3 aromatic heterocycles. The Morgan fingerprint density at radius 2 is 2.00 bits per heavy atom. The van der Waals surface area contributed by atoms with Gasteiger partial charge < -0.3 is 15.8 Å². The third-order valence-electron chi connectivity index (χ3n) is 6.51. The van der Waals surface area contributed by atoms with Gasteiger partial charge in [-0.3, -0.25) is 19.1 Å². The standard InChI is InChI=1S/C25H26N6O2/c1-27-12-17(11-26)21-7-4-16(13-28-21)15-3-8-22-20(9-15)24-23(14-29-22)30(2)25(33)31(24)18-5-6-19(32)10-18/h3-4,7-9,11-14,18-19,26-27,32H,5-6,10H2,1-2H3/b17-12+,26-11?. The van der Waals surface area contributed by atoms with E-state index in [0.29, 0.717) is 24.1 Å². The second kappa shape index (κ2) is 8.29. The van der Waals surface area contributed by atoms with Gasteiger partial charge in [0, 0.05) is 55.3 Å². The zero-order chi connectivity index (χ0) is 23.1. The van der Waals surface area contributed by atoms with Gasteiger partial charge in [0.1, 0.15) is 0 Å². The highest BCUT2D eigenvalue weighted by Crippen LogP contribution is 2.35. The number of allylic oxidation sites excluding steroid dienone is 1. The Bertz CT molecular complexity index is 1450. The molecule has 2 atom stereocenters. The quantitative estimate of drug-likeness (QED) is 0.411. The molecule has 1 aliphatic rings. The predicted octanol–water partition coefficient (Wildman–Crippen LogP) is 3.25. The number of pyridine rings is 2. The van der Waals surface area contributed by atoms with Gasteiger partial charge in [0.15, 0.2) is 0 Å². The summed E-state index contributed by atoms with van der Waals surface area (Å²) in [6.07, 6.45) is 8.27. The molecule has 0 amide bonds. The molecule has 0 radical (unpaired) electrons. The molecule has 0 aliphatic heterocycles. The molecule has 0 spiro atoms. The van der Waals surface area contributed by atoms with Crippen molar-refractivity contribution in [3.05, 3.63) is 65.1 Å². The van der Waals surface area contributed by atoms with E-state index in [9.17, 15) is 9.90 Å². The van der Waals surface area contributed by atoms with Crippen molar-refractivity contribution in [1.82, 2.24) is 24.4 Å². The zero-order valence-corrected chi connectivity index (χ0v) is 18.6. The summed E-state index contributed by atoms with van der Waals surface area (Å²) in [5, 5.41) is 21.5. The van der Waals surface area contributed by atoms with Crippen LogP contribution in [0.15, 0.2) is 53.7 Å². The average Bonchev–Trinajstić information content (AvgIpc) is 3.38. The number of nitrogens with one attached hydrogen (secondary N) is 2. The number of nitrogens with zero attached hydrogens (tertiary/aromatic N) is 4. The molecule has 0 saturated heterocycles. The molecular weight excluding hydrogens is 416 g/mol. The van der Waals surface area contributed by atoms with Gasteiger partial charge in [-0.05, 0) is 43.0 Å². The fourth-order valence-corrected chi connectivity index (χ4v) is 4.79. The molecule has 5 rings (SSSR count). The maximum absolute atomic E-state index is 13.1. The summed E-state index contributed by atoms with van der Waals surface area (Å²) in [4.78, 5) is 22.3. The first-order valence-corrected chi connectivity index (χ1v) is 11.0. The molecule has 8 heteroatoms. The van der Waals surface area contributed by atoms with E-state index >= 15 is 0 Å². The van der Waals surface area contributed by atoms with E-state index in [-0.39, 0.29) is 17.8 Å². The monoisotopic (exact) mass is 442 g/mol. The Hall–Kier alpha value is -3.78. The lowest BCUT2D eigenvalue weighted by atomic mass is 10.0. The van der Waals surface area contributed by atoms with E-state index in [1.807, 2.05) is 28.8 Å². The minimum absolute atomic E-state index is 0.0232. The van der Waals surface area contributed by atoms with Crippen LogP contribution in [-0.2, 0) is 7.05 Å². The number of benzene rings is 1. The smallest absolute Gasteiger partial charge is 0.329 e. The minimum Gasteiger partial charge on any atom is -0.393 e. The van der Waals surface area contributed by atoms with Crippen LogP contribution in [0, 0.1) is 5.41 Å². The van der Waals surface area contributed by atoms with Crippen molar-refractivity contribution in [2.45, 2.75) is 31.4 Å². The molecule has 1 fully saturated rings. The van der Waals surface area contributed by atoms with Gasteiger partial charge >= 0.3 is 5.69 Å². The molecule has 0 bridgehead atoms. The van der Waals surface area contributed by atoms with Crippen molar-refractivity contribution < 1.29 is 5.11 Å². The van der Waals surface area contributed by atoms with Crippen LogP contribution in [-0.4, -0.2) is 43.6 Å². The van der Waals surface area contributed by atoms with Crippen LogP contribution in [0.4, 0.5) is 0 Å². The fraction of sp³-hybridized carbons (Fsp3) is 0.280. The topological polar surface area (TPSA) is 109 Å². The molecule has 4 aromatic rings. The van der Waals surface area contributed by atoms with Crippen LogP contribution in [0.1, 0.15) is 31.0 Å². The summed E-state index contributed by atoms with van der Waals surface area (Å²) in [6, 6.07) is 9.88. The van der Waals surface area contributed by atoms with Crippen molar-refractivity contribution in [1.29, 1.82) is 5.41 Å². The largest absolute Gasteiger partial charge is 0.393 e. The first kappa shape index (κ1) is 21.1. The Labute approximate surface area is 190 Å². The van der Waals surface area contributed by atoms with Crippen molar-refractivity contribution in [3.8, 4) is 11.1 Å². The van der Waals surface area contributed by atoms with E-state index < -0.39 is 0 Å². The second-order valence-electron chi connectivity index (χ2n) is 8.52. The third kappa shape index (κ3) is 3.52. The normalized spacial score (nSPS) is 18.8. The molecule has 3 heterocycles. The minimum atomic E-state index is -0.367. The Morgan fingerprint density at radius 3 is 2.67 bits per heavy atom. The van der Waals surface area contributed by atoms with Crippen molar-refractivity contribution in [2.24, 2.45) is 7.05 Å². The van der Waals surface area contributed by atoms with Gasteiger partial charge in [-0.25, -0.2) is 4.79 Å². The summed E-state index contributed by atoms with van der Waals surface area (Å²) in [6.45, 7) is 0. The number of rotatable bonds is 5. The lowest BCUT2D eigenvalue weighted by molar-refractivity contribution is 0.178. The van der Waals surface area contributed by atoms with E-state index in [2.05, 4.69) is 21.4 Å². The fourth-order valence-electron chi connectivity index (χ4n) is 4.79. The molecule has 1 aliphatic carbocycles. The number of aryl methyl sites for hydroxylation is 1. The highest BCUT2D eigenvalue weighted by Gasteiger charge is 2.28. The lowest BCUT2D eigenvalue weighted by Gasteiger charge is -2.13. The van der Waals surface area contributed by atoms with Gasteiger partial charge in [-0.15, -0.1) is 0 Å². The maximum Gasteiger partial charge on any atom is 0.329 e.